The molecule has 0 radical (unpaired) electrons. The number of aromatic nitrogens is 2. The van der Waals surface area contributed by atoms with E-state index in [2.05, 4.69) is 9.97 Å². The Morgan fingerprint density at radius 1 is 0.875 bits per heavy atom. The number of carbonyl (C=O) groups is 2. The Bertz CT molecular complexity index is 774. The Hall–Kier alpha value is -2.76. The van der Waals surface area contributed by atoms with E-state index in [1.165, 1.54) is 0 Å². The number of carbonyl (C=O) groups excluding carboxylic acids is 2. The van der Waals surface area contributed by atoms with Gasteiger partial charge in [-0.05, 0) is 26.0 Å². The van der Waals surface area contributed by atoms with Crippen LogP contribution in [0.25, 0.3) is 11.0 Å². The highest BCUT2D eigenvalue weighted by Crippen LogP contribution is 2.27. The second-order valence-electron chi connectivity index (χ2n) is 5.36. The third-order valence-corrected chi connectivity index (χ3v) is 3.82. The summed E-state index contributed by atoms with van der Waals surface area (Å²) in [7, 11) is 0. The van der Waals surface area contributed by atoms with Crippen LogP contribution in [-0.2, 0) is 31.9 Å². The first-order chi connectivity index (χ1) is 11.6. The first-order valence-corrected chi connectivity index (χ1v) is 7.94. The maximum atomic E-state index is 12.3. The van der Waals surface area contributed by atoms with Crippen LogP contribution < -0.4 is 0 Å². The number of hydrogen-bond acceptors (Lipinski definition) is 6. The van der Waals surface area contributed by atoms with E-state index in [4.69, 9.17) is 9.47 Å². The normalized spacial score (nSPS) is 13.6. The molecule has 1 aromatic heterocycles. The minimum Gasteiger partial charge on any atom is -0.463 e. The summed E-state index contributed by atoms with van der Waals surface area (Å²) < 4.78 is 10.2. The third kappa shape index (κ3) is 2.99. The van der Waals surface area contributed by atoms with Crippen LogP contribution in [0.1, 0.15) is 25.2 Å². The number of para-hydroxylation sites is 2. The largest absolute Gasteiger partial charge is 0.463 e. The van der Waals surface area contributed by atoms with Crippen LogP contribution in [0.4, 0.5) is 0 Å². The summed E-state index contributed by atoms with van der Waals surface area (Å²) in [5.74, 6) is -0.998. The molecule has 0 aliphatic heterocycles. The van der Waals surface area contributed by atoms with Gasteiger partial charge in [0.1, 0.15) is 0 Å². The molecular formula is C18H18N2O4. The number of ether oxygens (including phenoxy) is 2. The number of esters is 2. The minimum absolute atomic E-state index is 0.222. The van der Waals surface area contributed by atoms with Crippen molar-refractivity contribution in [1.29, 1.82) is 0 Å². The minimum atomic E-state index is -0.499. The molecule has 1 aliphatic rings. The molecule has 0 amide bonds. The Morgan fingerprint density at radius 3 is 1.67 bits per heavy atom. The highest BCUT2D eigenvalue weighted by molar-refractivity contribution is 6.01. The van der Waals surface area contributed by atoms with Crippen LogP contribution in [-0.4, -0.2) is 35.1 Å². The molecule has 0 bridgehead atoms. The van der Waals surface area contributed by atoms with Crippen molar-refractivity contribution in [2.45, 2.75) is 26.7 Å². The van der Waals surface area contributed by atoms with Crippen LogP contribution in [0.15, 0.2) is 35.4 Å². The fourth-order valence-electron chi connectivity index (χ4n) is 2.73. The first-order valence-electron chi connectivity index (χ1n) is 7.94. The van der Waals surface area contributed by atoms with Crippen molar-refractivity contribution in [3.8, 4) is 0 Å². The van der Waals surface area contributed by atoms with Crippen LogP contribution >= 0.6 is 0 Å². The lowest BCUT2D eigenvalue weighted by molar-refractivity contribution is -0.142. The molecule has 6 heteroatoms. The van der Waals surface area contributed by atoms with Gasteiger partial charge in [0.2, 0.25) is 0 Å². The monoisotopic (exact) mass is 326 g/mol. The van der Waals surface area contributed by atoms with E-state index < -0.39 is 11.9 Å². The third-order valence-electron chi connectivity index (χ3n) is 3.82. The number of benzene rings is 1. The first kappa shape index (κ1) is 16.1. The lowest BCUT2D eigenvalue weighted by atomic mass is 9.91. The fraction of sp³-hybridized carbons (Fsp3) is 0.333. The topological polar surface area (TPSA) is 78.4 Å². The molecule has 3 rings (SSSR count). The molecule has 0 saturated carbocycles. The van der Waals surface area contributed by atoms with E-state index in [1.54, 1.807) is 13.8 Å². The molecule has 0 saturated heterocycles. The standard InChI is InChI=1S/C18H18N2O4/c1-3-23-17(21)11-9-15-16(10-12(11)18(22)24-4-2)20-14-8-6-5-7-13(14)19-15/h5-8H,3-4,9-10H2,1-2H3. The van der Waals surface area contributed by atoms with E-state index in [0.717, 1.165) is 11.0 Å². The Labute approximate surface area is 139 Å². The van der Waals surface area contributed by atoms with E-state index in [1.807, 2.05) is 24.3 Å². The van der Waals surface area contributed by atoms with Crippen LogP contribution in [0.5, 0.6) is 0 Å². The maximum Gasteiger partial charge on any atom is 0.334 e. The zero-order valence-electron chi connectivity index (χ0n) is 13.7. The summed E-state index contributed by atoms with van der Waals surface area (Å²) in [6, 6.07) is 7.52. The van der Waals surface area contributed by atoms with Gasteiger partial charge in [0.05, 0.1) is 46.8 Å². The Morgan fingerprint density at radius 2 is 1.29 bits per heavy atom. The van der Waals surface area contributed by atoms with Crippen LogP contribution in [0.2, 0.25) is 0 Å². The zero-order chi connectivity index (χ0) is 17.1. The van der Waals surface area contributed by atoms with Crippen molar-refractivity contribution in [3.05, 3.63) is 46.8 Å². The number of fused-ring (bicyclic) bond motifs is 2. The molecule has 1 aliphatic carbocycles. The van der Waals surface area contributed by atoms with Gasteiger partial charge in [-0.1, -0.05) is 12.1 Å². The lowest BCUT2D eigenvalue weighted by Gasteiger charge is -2.20. The van der Waals surface area contributed by atoms with Crippen molar-refractivity contribution >= 4 is 23.0 Å². The second-order valence-corrected chi connectivity index (χ2v) is 5.36. The predicted octanol–water partition coefficient (Wildman–Crippen LogP) is 2.15. The average Bonchev–Trinajstić information content (AvgIpc) is 2.59. The molecule has 0 unspecified atom stereocenters. The summed E-state index contributed by atoms with van der Waals surface area (Å²) in [4.78, 5) is 33.7. The van der Waals surface area contributed by atoms with Gasteiger partial charge < -0.3 is 9.47 Å². The van der Waals surface area contributed by atoms with Gasteiger partial charge in [-0.25, -0.2) is 19.6 Å². The summed E-state index contributed by atoms with van der Waals surface area (Å²) in [6.07, 6.45) is 0.445. The molecule has 0 N–H and O–H groups in total. The highest BCUT2D eigenvalue weighted by Gasteiger charge is 2.30. The van der Waals surface area contributed by atoms with Crippen molar-refractivity contribution in [1.82, 2.24) is 9.97 Å². The molecule has 124 valence electrons. The van der Waals surface area contributed by atoms with E-state index in [9.17, 15) is 9.59 Å². The number of rotatable bonds is 4. The highest BCUT2D eigenvalue weighted by atomic mass is 16.5. The second kappa shape index (κ2) is 6.78. The van der Waals surface area contributed by atoms with Gasteiger partial charge in [-0.2, -0.15) is 0 Å². The van der Waals surface area contributed by atoms with E-state index >= 15 is 0 Å². The quantitative estimate of drug-likeness (QED) is 0.801. The van der Waals surface area contributed by atoms with Crippen molar-refractivity contribution in [2.24, 2.45) is 0 Å². The van der Waals surface area contributed by atoms with Gasteiger partial charge >= 0.3 is 11.9 Å². The number of nitrogens with zero attached hydrogens (tertiary/aromatic N) is 2. The molecule has 0 atom stereocenters. The molecule has 24 heavy (non-hydrogen) atoms. The fourth-order valence-corrected chi connectivity index (χ4v) is 2.73. The van der Waals surface area contributed by atoms with Crippen molar-refractivity contribution in [2.75, 3.05) is 13.2 Å². The van der Waals surface area contributed by atoms with Gasteiger partial charge in [0.25, 0.3) is 0 Å². The van der Waals surface area contributed by atoms with Crippen LogP contribution in [0.3, 0.4) is 0 Å². The summed E-state index contributed by atoms with van der Waals surface area (Å²) >= 11 is 0. The number of hydrogen-bond donors (Lipinski definition) is 0. The molecule has 0 fully saturated rings. The average molecular weight is 326 g/mol. The van der Waals surface area contributed by atoms with E-state index in [-0.39, 0.29) is 26.1 Å². The molecule has 0 spiro atoms. The van der Waals surface area contributed by atoms with Gasteiger partial charge in [0.15, 0.2) is 0 Å². The molecule has 1 aromatic carbocycles. The van der Waals surface area contributed by atoms with Crippen LogP contribution in [0, 0.1) is 0 Å². The maximum absolute atomic E-state index is 12.3. The predicted molar refractivity (Wildman–Crippen MR) is 87.2 cm³/mol. The zero-order valence-corrected chi connectivity index (χ0v) is 13.7. The van der Waals surface area contributed by atoms with Crippen molar-refractivity contribution < 1.29 is 19.1 Å². The smallest absolute Gasteiger partial charge is 0.334 e. The van der Waals surface area contributed by atoms with Crippen molar-refractivity contribution in [3.63, 3.8) is 0 Å². The van der Waals surface area contributed by atoms with E-state index in [0.29, 0.717) is 22.5 Å². The molecule has 6 nitrogen and oxygen atoms in total. The summed E-state index contributed by atoms with van der Waals surface area (Å²) in [5, 5.41) is 0. The Balaban J connectivity index is 2.06. The SMILES string of the molecule is CCOC(=O)C1=C(C(=O)OCC)Cc2nc3ccccc3nc2C1. The van der Waals surface area contributed by atoms with Gasteiger partial charge in [-0.3, -0.25) is 0 Å². The van der Waals surface area contributed by atoms with Gasteiger partial charge in [-0.15, -0.1) is 0 Å². The summed E-state index contributed by atoms with van der Waals surface area (Å²) in [6.45, 7) is 3.95. The summed E-state index contributed by atoms with van der Waals surface area (Å²) in [5.41, 5.74) is 3.55. The molecule has 2 aromatic rings. The van der Waals surface area contributed by atoms with Gasteiger partial charge in [0, 0.05) is 12.8 Å². The Kier molecular flexibility index (Phi) is 4.55. The molecular weight excluding hydrogens is 308 g/mol. The molecule has 1 heterocycles. The lowest BCUT2D eigenvalue weighted by Crippen LogP contribution is -2.24.